The molecule has 0 aliphatic heterocycles. The summed E-state index contributed by atoms with van der Waals surface area (Å²) in [5.41, 5.74) is 1.47. The third kappa shape index (κ3) is 4.46. The highest BCUT2D eigenvalue weighted by Crippen LogP contribution is 2.33. The summed E-state index contributed by atoms with van der Waals surface area (Å²) >= 11 is 0. The van der Waals surface area contributed by atoms with Gasteiger partial charge in [0.05, 0.1) is 0 Å². The molecule has 0 spiro atoms. The molecule has 2 unspecified atom stereocenters. The van der Waals surface area contributed by atoms with Crippen LogP contribution < -0.4 is 5.32 Å². The van der Waals surface area contributed by atoms with E-state index >= 15 is 0 Å². The van der Waals surface area contributed by atoms with Crippen molar-refractivity contribution in [2.45, 2.75) is 70.8 Å². The molecule has 0 amide bonds. The highest BCUT2D eigenvalue weighted by molar-refractivity contribution is 4.96. The molecule has 2 aliphatic rings. The van der Waals surface area contributed by atoms with Crippen molar-refractivity contribution in [3.05, 3.63) is 12.2 Å². The van der Waals surface area contributed by atoms with Crippen LogP contribution in [0.15, 0.2) is 12.2 Å². The molecule has 2 aliphatic carbocycles. The van der Waals surface area contributed by atoms with Gasteiger partial charge in [0.15, 0.2) is 0 Å². The van der Waals surface area contributed by atoms with E-state index in [0.717, 1.165) is 17.9 Å². The number of allylic oxidation sites excluding steroid dienone is 1. The van der Waals surface area contributed by atoms with E-state index in [1.54, 1.807) is 0 Å². The van der Waals surface area contributed by atoms with Gasteiger partial charge in [0.25, 0.3) is 0 Å². The van der Waals surface area contributed by atoms with Crippen molar-refractivity contribution in [2.24, 2.45) is 11.8 Å². The Bertz CT molecular complexity index is 242. The van der Waals surface area contributed by atoms with Crippen molar-refractivity contribution < 1.29 is 0 Å². The Hall–Kier alpha value is -0.300. The van der Waals surface area contributed by atoms with Crippen LogP contribution in [0.2, 0.25) is 0 Å². The Morgan fingerprint density at radius 3 is 2.41 bits per heavy atom. The first-order valence-corrected chi connectivity index (χ1v) is 7.69. The van der Waals surface area contributed by atoms with Crippen LogP contribution in [0.3, 0.4) is 0 Å². The fourth-order valence-electron chi connectivity index (χ4n) is 3.12. The maximum absolute atomic E-state index is 4.22. The summed E-state index contributed by atoms with van der Waals surface area (Å²) in [6, 6.07) is 0.869. The van der Waals surface area contributed by atoms with Gasteiger partial charge in [-0.25, -0.2) is 0 Å². The molecule has 0 bridgehead atoms. The molecule has 0 radical (unpaired) electrons. The minimum atomic E-state index is 0.869. The average Bonchev–Trinajstić information content (AvgIpc) is 3.14. The lowest BCUT2D eigenvalue weighted by molar-refractivity contribution is 0.295. The van der Waals surface area contributed by atoms with Gasteiger partial charge in [-0.15, -0.1) is 0 Å². The van der Waals surface area contributed by atoms with E-state index in [1.807, 2.05) is 0 Å². The smallest absolute Gasteiger partial charge is 0.00683 e. The van der Waals surface area contributed by atoms with Crippen LogP contribution in [0.5, 0.6) is 0 Å². The van der Waals surface area contributed by atoms with Gasteiger partial charge in [0.1, 0.15) is 0 Å². The van der Waals surface area contributed by atoms with Gasteiger partial charge >= 0.3 is 0 Å². The largest absolute Gasteiger partial charge is 0.314 e. The van der Waals surface area contributed by atoms with Crippen molar-refractivity contribution >= 4 is 0 Å². The SMILES string of the molecule is C=C(CC)CC1CCCCCC1CNC1CC1. The number of rotatable bonds is 6. The highest BCUT2D eigenvalue weighted by atomic mass is 14.9. The molecular formula is C16H29N. The van der Waals surface area contributed by atoms with Crippen molar-refractivity contribution in [3.8, 4) is 0 Å². The Kier molecular flexibility index (Phi) is 5.09. The Morgan fingerprint density at radius 2 is 1.76 bits per heavy atom. The van der Waals surface area contributed by atoms with Crippen molar-refractivity contribution in [1.82, 2.24) is 5.32 Å². The summed E-state index contributed by atoms with van der Waals surface area (Å²) in [4.78, 5) is 0. The summed E-state index contributed by atoms with van der Waals surface area (Å²) in [6.07, 6.45) is 12.5. The van der Waals surface area contributed by atoms with Gasteiger partial charge in [0, 0.05) is 6.04 Å². The Labute approximate surface area is 107 Å². The number of hydrogen-bond acceptors (Lipinski definition) is 1. The lowest BCUT2D eigenvalue weighted by Crippen LogP contribution is -2.29. The van der Waals surface area contributed by atoms with Gasteiger partial charge in [-0.2, -0.15) is 0 Å². The van der Waals surface area contributed by atoms with E-state index in [-0.39, 0.29) is 0 Å². The van der Waals surface area contributed by atoms with Crippen LogP contribution in [0, 0.1) is 11.8 Å². The molecule has 98 valence electrons. The lowest BCUT2D eigenvalue weighted by atomic mass is 9.83. The molecule has 2 rings (SSSR count). The van der Waals surface area contributed by atoms with E-state index < -0.39 is 0 Å². The van der Waals surface area contributed by atoms with Crippen LogP contribution in [-0.4, -0.2) is 12.6 Å². The molecule has 2 atom stereocenters. The minimum Gasteiger partial charge on any atom is -0.314 e. The predicted molar refractivity (Wildman–Crippen MR) is 75.1 cm³/mol. The molecule has 0 aromatic heterocycles. The quantitative estimate of drug-likeness (QED) is 0.535. The van der Waals surface area contributed by atoms with Gasteiger partial charge < -0.3 is 5.32 Å². The highest BCUT2D eigenvalue weighted by Gasteiger charge is 2.27. The summed E-state index contributed by atoms with van der Waals surface area (Å²) in [5.74, 6) is 1.83. The van der Waals surface area contributed by atoms with E-state index in [2.05, 4.69) is 18.8 Å². The topological polar surface area (TPSA) is 12.0 Å². The van der Waals surface area contributed by atoms with Crippen LogP contribution in [0.25, 0.3) is 0 Å². The first-order valence-electron chi connectivity index (χ1n) is 7.69. The van der Waals surface area contributed by atoms with Gasteiger partial charge in [-0.1, -0.05) is 38.3 Å². The summed E-state index contributed by atoms with van der Waals surface area (Å²) in [5, 5.41) is 3.75. The van der Waals surface area contributed by atoms with E-state index in [0.29, 0.717) is 0 Å². The Balaban J connectivity index is 1.83. The fraction of sp³-hybridized carbons (Fsp3) is 0.875. The van der Waals surface area contributed by atoms with Gasteiger partial charge in [0.2, 0.25) is 0 Å². The van der Waals surface area contributed by atoms with Crippen LogP contribution in [0.1, 0.15) is 64.7 Å². The van der Waals surface area contributed by atoms with Gasteiger partial charge in [-0.05, 0) is 56.9 Å². The molecule has 0 aromatic carbocycles. The summed E-state index contributed by atoms with van der Waals surface area (Å²) in [6.45, 7) is 7.74. The second-order valence-corrected chi connectivity index (χ2v) is 6.15. The number of hydrogen-bond donors (Lipinski definition) is 1. The normalized spacial score (nSPS) is 29.9. The fourth-order valence-corrected chi connectivity index (χ4v) is 3.12. The monoisotopic (exact) mass is 235 g/mol. The maximum atomic E-state index is 4.22. The summed E-state index contributed by atoms with van der Waals surface area (Å²) < 4.78 is 0. The molecule has 2 fully saturated rings. The molecule has 0 saturated heterocycles. The molecule has 1 heteroatoms. The third-order valence-electron chi connectivity index (χ3n) is 4.61. The Morgan fingerprint density at radius 1 is 1.06 bits per heavy atom. The summed E-state index contributed by atoms with van der Waals surface area (Å²) in [7, 11) is 0. The zero-order chi connectivity index (χ0) is 12.1. The molecule has 17 heavy (non-hydrogen) atoms. The zero-order valence-corrected chi connectivity index (χ0v) is 11.5. The third-order valence-corrected chi connectivity index (χ3v) is 4.61. The number of nitrogens with one attached hydrogen (secondary N) is 1. The lowest BCUT2D eigenvalue weighted by Gasteiger charge is -2.26. The van der Waals surface area contributed by atoms with Crippen LogP contribution in [0.4, 0.5) is 0 Å². The standard InChI is InChI=1S/C16H29N/c1-3-13(2)11-14-7-5-4-6-8-15(14)12-17-16-9-10-16/h14-17H,2-12H2,1H3. The second kappa shape index (κ2) is 6.58. The average molecular weight is 235 g/mol. The van der Waals surface area contributed by atoms with Crippen molar-refractivity contribution in [3.63, 3.8) is 0 Å². The zero-order valence-electron chi connectivity index (χ0n) is 11.5. The van der Waals surface area contributed by atoms with E-state index in [1.165, 1.54) is 69.9 Å². The minimum absolute atomic E-state index is 0.869. The maximum Gasteiger partial charge on any atom is 0.00683 e. The molecule has 1 N–H and O–H groups in total. The molecule has 0 aromatic rings. The first-order chi connectivity index (χ1) is 8.29. The van der Waals surface area contributed by atoms with Gasteiger partial charge in [-0.3, -0.25) is 0 Å². The molecular weight excluding hydrogens is 206 g/mol. The molecule has 0 heterocycles. The van der Waals surface area contributed by atoms with E-state index in [4.69, 9.17) is 0 Å². The second-order valence-electron chi connectivity index (χ2n) is 6.15. The van der Waals surface area contributed by atoms with Crippen LogP contribution in [-0.2, 0) is 0 Å². The van der Waals surface area contributed by atoms with Crippen molar-refractivity contribution in [1.29, 1.82) is 0 Å². The van der Waals surface area contributed by atoms with E-state index in [9.17, 15) is 0 Å². The first kappa shape index (κ1) is 13.1. The van der Waals surface area contributed by atoms with Crippen molar-refractivity contribution in [2.75, 3.05) is 6.54 Å². The molecule has 1 nitrogen and oxygen atoms in total. The predicted octanol–water partition coefficient (Wildman–Crippen LogP) is 4.29. The molecule has 2 saturated carbocycles. The van der Waals surface area contributed by atoms with Crippen LogP contribution >= 0.6 is 0 Å².